The number of nitrogens with one attached hydrogen (secondary N) is 5. The van der Waals surface area contributed by atoms with Gasteiger partial charge in [-0.15, -0.1) is 0 Å². The molecule has 0 saturated heterocycles. The van der Waals surface area contributed by atoms with Gasteiger partial charge in [0.15, 0.2) is 11.6 Å². The molecule has 0 aliphatic heterocycles. The van der Waals surface area contributed by atoms with E-state index < -0.39 is 31.9 Å². The first-order valence-electron chi connectivity index (χ1n) is 19.9. The molecule has 59 heavy (non-hydrogen) atoms. The van der Waals surface area contributed by atoms with Gasteiger partial charge in [0, 0.05) is 18.3 Å². The van der Waals surface area contributed by atoms with Crippen LogP contribution in [-0.4, -0.2) is 89.7 Å². The minimum Gasteiger partial charge on any atom is -0.481 e. The number of carbonyl (C=O) groups excluding carboxylic acids is 1. The lowest BCUT2D eigenvalue weighted by atomic mass is 9.84. The number of aromatic nitrogens is 10. The lowest BCUT2D eigenvalue weighted by Crippen LogP contribution is -2.25. The summed E-state index contributed by atoms with van der Waals surface area (Å²) in [7, 11) is -7.74. The Morgan fingerprint density at radius 2 is 1.15 bits per heavy atom. The smallest absolute Gasteiger partial charge is 0.304 e. The fourth-order valence-corrected chi connectivity index (χ4v) is 9.11. The molecule has 0 radical (unpaired) electrons. The first kappa shape index (κ1) is 45.4. The second-order valence-corrected chi connectivity index (χ2v) is 18.3. The van der Waals surface area contributed by atoms with Gasteiger partial charge in [-0.2, -0.15) is 20.2 Å². The number of aromatic amines is 2. The maximum atomic E-state index is 12.1. The van der Waals surface area contributed by atoms with Crippen molar-refractivity contribution in [2.24, 2.45) is 11.8 Å². The van der Waals surface area contributed by atoms with E-state index >= 15 is 0 Å². The van der Waals surface area contributed by atoms with Gasteiger partial charge in [-0.1, -0.05) is 100 Å². The number of amides is 1. The van der Waals surface area contributed by atoms with E-state index in [0.717, 1.165) is 50.2 Å². The molecule has 1 amide bonds. The summed E-state index contributed by atoms with van der Waals surface area (Å²) in [6.45, 7) is -0.401. The standard InChI is InChI=1S/C17H27N7O5S.C17H26N6O5S/c25-15(23-26)9-13(8-4-7-12-5-2-1-3-6-12)16-21-14(24-29-16)10-20-30(27,28)17-18-11-19-22-17;24-15(25)9-13(8-4-7-12-5-2-1-3-6-12)16-21-14(23-28-16)10-20-29(26,27)17-18-11-19-22-17/h11-13,20,26H,1-10H2,(H,23,25)(H,18,19,22);11-13,20H,1-10H2,(H,24,25)(H,18,19,22)/t2*13-/m11/s1. The van der Waals surface area contributed by atoms with Crippen molar-refractivity contribution in [2.45, 2.75) is 151 Å². The van der Waals surface area contributed by atoms with Crippen LogP contribution in [0, 0.1) is 11.8 Å². The molecule has 2 aliphatic carbocycles. The summed E-state index contributed by atoms with van der Waals surface area (Å²) in [5.74, 6) is -0.0349. The Bertz CT molecular complexity index is 2060. The van der Waals surface area contributed by atoms with E-state index in [-0.39, 0.29) is 71.5 Å². The largest absolute Gasteiger partial charge is 0.481 e. The second-order valence-electron chi connectivity index (χ2n) is 14.9. The minimum absolute atomic E-state index is 0.00654. The average Bonchev–Trinajstić information content (AvgIpc) is 4.08. The van der Waals surface area contributed by atoms with Crippen LogP contribution in [0.5, 0.6) is 0 Å². The number of H-pyrrole nitrogens is 2. The third kappa shape index (κ3) is 14.8. The Kier molecular flexibility index (Phi) is 17.4. The highest BCUT2D eigenvalue weighted by atomic mass is 32.2. The zero-order chi connectivity index (χ0) is 42.1. The van der Waals surface area contributed by atoms with Crippen LogP contribution in [0.25, 0.3) is 0 Å². The molecular formula is C34H53N13O10S2. The maximum Gasteiger partial charge on any atom is 0.304 e. The summed E-state index contributed by atoms with van der Waals surface area (Å²) < 4.78 is 63.3. The van der Waals surface area contributed by atoms with Crippen molar-refractivity contribution >= 4 is 31.9 Å². The topological polar surface area (TPSA) is 340 Å². The fraction of sp³-hybridized carbons (Fsp3) is 0.706. The lowest BCUT2D eigenvalue weighted by molar-refractivity contribution is -0.137. The van der Waals surface area contributed by atoms with E-state index in [4.69, 9.17) is 14.3 Å². The van der Waals surface area contributed by atoms with Crippen LogP contribution in [0.2, 0.25) is 0 Å². The Morgan fingerprint density at radius 1 is 0.712 bits per heavy atom. The van der Waals surface area contributed by atoms with Gasteiger partial charge in [0.05, 0.1) is 19.5 Å². The molecule has 4 aromatic rings. The van der Waals surface area contributed by atoms with E-state index in [9.17, 15) is 31.5 Å². The highest BCUT2D eigenvalue weighted by Gasteiger charge is 2.26. The van der Waals surface area contributed by atoms with E-state index in [1.54, 1.807) is 5.48 Å². The average molecular weight is 868 g/mol. The predicted molar refractivity (Wildman–Crippen MR) is 203 cm³/mol. The molecule has 7 N–H and O–H groups in total. The van der Waals surface area contributed by atoms with Crippen molar-refractivity contribution in [3.63, 3.8) is 0 Å². The number of carboxylic acid groups (broad SMARTS) is 1. The molecular weight excluding hydrogens is 815 g/mol. The van der Waals surface area contributed by atoms with Crippen LogP contribution >= 0.6 is 0 Å². The summed E-state index contributed by atoms with van der Waals surface area (Å²) in [6, 6.07) is 0. The van der Waals surface area contributed by atoms with Gasteiger partial charge in [0.2, 0.25) is 17.7 Å². The first-order valence-corrected chi connectivity index (χ1v) is 22.9. The summed E-state index contributed by atoms with van der Waals surface area (Å²) in [6.07, 6.45) is 20.1. The summed E-state index contributed by atoms with van der Waals surface area (Å²) >= 11 is 0. The quantitative estimate of drug-likeness (QED) is 0.0440. The zero-order valence-electron chi connectivity index (χ0n) is 32.7. The van der Waals surface area contributed by atoms with Crippen molar-refractivity contribution in [3.8, 4) is 0 Å². The molecule has 25 heteroatoms. The molecule has 2 atom stereocenters. The molecule has 0 unspecified atom stereocenters. The summed E-state index contributed by atoms with van der Waals surface area (Å²) in [4.78, 5) is 38.6. The molecule has 4 aromatic heterocycles. The molecule has 6 rings (SSSR count). The van der Waals surface area contributed by atoms with Crippen LogP contribution < -0.4 is 14.9 Å². The van der Waals surface area contributed by atoms with Crippen molar-refractivity contribution in [1.29, 1.82) is 0 Å². The molecule has 0 aromatic carbocycles. The van der Waals surface area contributed by atoms with Gasteiger partial charge in [-0.05, 0) is 24.7 Å². The van der Waals surface area contributed by atoms with Crippen LogP contribution in [0.4, 0.5) is 0 Å². The third-order valence-electron chi connectivity index (χ3n) is 10.6. The number of rotatable bonds is 22. The van der Waals surface area contributed by atoms with Crippen LogP contribution in [0.3, 0.4) is 0 Å². The van der Waals surface area contributed by atoms with Crippen molar-refractivity contribution < 1.29 is 45.8 Å². The fourth-order valence-electron chi connectivity index (χ4n) is 7.48. The van der Waals surface area contributed by atoms with Crippen LogP contribution in [-0.2, 0) is 42.7 Å². The number of carboxylic acids is 1. The van der Waals surface area contributed by atoms with Crippen LogP contribution in [0.15, 0.2) is 32.0 Å². The zero-order valence-corrected chi connectivity index (χ0v) is 34.3. The SMILES string of the molecule is O=C(C[C@@H](CCCC1CCCCC1)c1nc(CNS(=O)(=O)c2ncn[nH]2)no1)NO.O=C(O)C[C@@H](CCCC1CCCCC1)c1nc(CNS(=O)(=O)c2ncn[nH]2)no1. The highest BCUT2D eigenvalue weighted by Crippen LogP contribution is 2.32. The third-order valence-corrected chi connectivity index (χ3v) is 13.0. The lowest BCUT2D eigenvalue weighted by Gasteiger charge is -2.22. The number of carbonyl (C=O) groups is 2. The molecule has 0 bridgehead atoms. The molecule has 0 spiro atoms. The van der Waals surface area contributed by atoms with E-state index in [1.807, 2.05) is 0 Å². The van der Waals surface area contributed by atoms with Crippen LogP contribution in [0.1, 0.15) is 151 Å². The van der Waals surface area contributed by atoms with Gasteiger partial charge in [0.25, 0.3) is 30.4 Å². The molecule has 23 nitrogen and oxygen atoms in total. The van der Waals surface area contributed by atoms with Crippen molar-refractivity contribution in [1.82, 2.24) is 65.6 Å². The number of nitrogens with zero attached hydrogens (tertiary/aromatic N) is 8. The Balaban J connectivity index is 0.000000224. The van der Waals surface area contributed by atoms with Gasteiger partial charge in [-0.3, -0.25) is 14.8 Å². The number of hydrogen-bond acceptors (Lipinski definition) is 17. The molecule has 2 fully saturated rings. The number of sulfonamides is 2. The van der Waals surface area contributed by atoms with E-state index in [0.29, 0.717) is 12.8 Å². The molecule has 2 aliphatic rings. The van der Waals surface area contributed by atoms with E-state index in [2.05, 4.69) is 60.1 Å². The van der Waals surface area contributed by atoms with Gasteiger partial charge < -0.3 is 14.2 Å². The van der Waals surface area contributed by atoms with E-state index in [1.165, 1.54) is 64.2 Å². The minimum atomic E-state index is -3.87. The first-order chi connectivity index (χ1) is 28.4. The monoisotopic (exact) mass is 867 g/mol. The van der Waals surface area contributed by atoms with Crippen molar-refractivity contribution in [3.05, 3.63) is 36.1 Å². The number of aliphatic carboxylic acids is 1. The Morgan fingerprint density at radius 3 is 1.54 bits per heavy atom. The summed E-state index contributed by atoms with van der Waals surface area (Å²) in [5, 5.41) is 36.6. The molecule has 2 saturated carbocycles. The highest BCUT2D eigenvalue weighted by molar-refractivity contribution is 7.89. The number of hydrogen-bond donors (Lipinski definition) is 7. The van der Waals surface area contributed by atoms with Crippen molar-refractivity contribution in [2.75, 3.05) is 0 Å². The predicted octanol–water partition coefficient (Wildman–Crippen LogP) is 3.37. The summed E-state index contributed by atoms with van der Waals surface area (Å²) in [5.41, 5.74) is 1.64. The molecule has 4 heterocycles. The number of hydroxylamine groups is 1. The van der Waals surface area contributed by atoms with Gasteiger partial charge in [0.1, 0.15) is 12.7 Å². The maximum absolute atomic E-state index is 12.1. The Hall–Kier alpha value is -4.72. The Labute approximate surface area is 341 Å². The van der Waals surface area contributed by atoms with Gasteiger partial charge >= 0.3 is 5.97 Å². The normalized spacial score (nSPS) is 16.6. The molecule has 326 valence electrons. The van der Waals surface area contributed by atoms with Gasteiger partial charge in [-0.25, -0.2) is 51.9 Å². The second kappa shape index (κ2) is 22.6.